The van der Waals surface area contributed by atoms with Gasteiger partial charge in [-0.05, 0) is 31.0 Å². The number of aromatic nitrogens is 2. The summed E-state index contributed by atoms with van der Waals surface area (Å²) in [6, 6.07) is 7.94. The van der Waals surface area contributed by atoms with Crippen LogP contribution < -0.4 is 14.4 Å². The van der Waals surface area contributed by atoms with Gasteiger partial charge in [-0.3, -0.25) is 4.98 Å². The molecule has 1 fully saturated rings. The zero-order chi connectivity index (χ0) is 16.2. The molecule has 1 N–H and O–H groups in total. The Balaban J connectivity index is 1.91. The van der Waals surface area contributed by atoms with E-state index in [2.05, 4.69) is 14.9 Å². The molecule has 1 aliphatic rings. The second-order valence-corrected chi connectivity index (χ2v) is 5.48. The fraction of sp³-hybridized carbons (Fsp3) is 0.412. The van der Waals surface area contributed by atoms with Crippen molar-refractivity contribution in [1.29, 1.82) is 0 Å². The van der Waals surface area contributed by atoms with Gasteiger partial charge in [0.05, 0.1) is 38.3 Å². The van der Waals surface area contributed by atoms with Crippen LogP contribution in [0.2, 0.25) is 0 Å². The SMILES string of the molecule is CCOc1cncc(N2C[C@@H](O)C[C@@H]2c2cccc(OC)c2)n1. The monoisotopic (exact) mass is 315 g/mol. The van der Waals surface area contributed by atoms with Gasteiger partial charge in [-0.25, -0.2) is 0 Å². The standard InChI is InChI=1S/C17H21N3O3/c1-3-23-17-10-18-9-16(19-17)20-11-13(21)8-15(20)12-5-4-6-14(7-12)22-2/h4-7,9-10,13,15,21H,3,8,11H2,1-2H3/t13-,15+/m0/s1. The number of hydrogen-bond donors (Lipinski definition) is 1. The van der Waals surface area contributed by atoms with Crippen molar-refractivity contribution in [3.8, 4) is 11.6 Å². The largest absolute Gasteiger partial charge is 0.497 e. The van der Waals surface area contributed by atoms with Gasteiger partial charge in [0.25, 0.3) is 0 Å². The third kappa shape index (κ3) is 3.37. The Hall–Kier alpha value is -2.34. The third-order valence-electron chi connectivity index (χ3n) is 3.94. The smallest absolute Gasteiger partial charge is 0.234 e. The molecule has 0 bridgehead atoms. The van der Waals surface area contributed by atoms with E-state index < -0.39 is 6.10 Å². The second kappa shape index (κ2) is 6.83. The number of anilines is 1. The zero-order valence-electron chi connectivity index (χ0n) is 13.3. The van der Waals surface area contributed by atoms with Crippen molar-refractivity contribution in [3.63, 3.8) is 0 Å². The molecule has 23 heavy (non-hydrogen) atoms. The molecule has 1 saturated heterocycles. The van der Waals surface area contributed by atoms with E-state index in [9.17, 15) is 5.11 Å². The molecule has 1 aromatic carbocycles. The lowest BCUT2D eigenvalue weighted by Crippen LogP contribution is -2.25. The van der Waals surface area contributed by atoms with Crippen LogP contribution in [0, 0.1) is 0 Å². The Morgan fingerprint density at radius 3 is 3.00 bits per heavy atom. The summed E-state index contributed by atoms with van der Waals surface area (Å²) >= 11 is 0. The molecule has 6 heteroatoms. The van der Waals surface area contributed by atoms with E-state index in [4.69, 9.17) is 9.47 Å². The summed E-state index contributed by atoms with van der Waals surface area (Å²) in [6.45, 7) is 2.97. The highest BCUT2D eigenvalue weighted by atomic mass is 16.5. The number of aliphatic hydroxyl groups is 1. The van der Waals surface area contributed by atoms with E-state index >= 15 is 0 Å². The van der Waals surface area contributed by atoms with Crippen LogP contribution in [0.1, 0.15) is 24.9 Å². The molecule has 2 atom stereocenters. The van der Waals surface area contributed by atoms with Crippen LogP contribution >= 0.6 is 0 Å². The lowest BCUT2D eigenvalue weighted by Gasteiger charge is -2.26. The topological polar surface area (TPSA) is 67.7 Å². The van der Waals surface area contributed by atoms with Crippen LogP contribution in [0.15, 0.2) is 36.7 Å². The summed E-state index contributed by atoms with van der Waals surface area (Å²) in [5, 5.41) is 10.1. The predicted octanol–water partition coefficient (Wildman–Crippen LogP) is 2.20. The molecule has 2 heterocycles. The molecular formula is C17H21N3O3. The summed E-state index contributed by atoms with van der Waals surface area (Å²) in [4.78, 5) is 10.8. The zero-order valence-corrected chi connectivity index (χ0v) is 13.3. The van der Waals surface area contributed by atoms with Gasteiger partial charge in [-0.15, -0.1) is 0 Å². The number of benzene rings is 1. The molecule has 1 aliphatic heterocycles. The molecule has 3 rings (SSSR count). The molecule has 0 unspecified atom stereocenters. The summed E-state index contributed by atoms with van der Waals surface area (Å²) < 4.78 is 10.7. The van der Waals surface area contributed by atoms with Crippen molar-refractivity contribution in [2.45, 2.75) is 25.5 Å². The fourth-order valence-corrected chi connectivity index (χ4v) is 2.93. The van der Waals surface area contributed by atoms with Gasteiger partial charge in [0, 0.05) is 6.54 Å². The number of hydrogen-bond acceptors (Lipinski definition) is 6. The van der Waals surface area contributed by atoms with Gasteiger partial charge in [0.1, 0.15) is 5.75 Å². The highest BCUT2D eigenvalue weighted by Crippen LogP contribution is 2.36. The second-order valence-electron chi connectivity index (χ2n) is 5.48. The molecule has 2 aromatic rings. The molecule has 0 radical (unpaired) electrons. The third-order valence-corrected chi connectivity index (χ3v) is 3.94. The fourth-order valence-electron chi connectivity index (χ4n) is 2.93. The Morgan fingerprint density at radius 2 is 2.22 bits per heavy atom. The summed E-state index contributed by atoms with van der Waals surface area (Å²) in [7, 11) is 1.65. The molecule has 0 saturated carbocycles. The summed E-state index contributed by atoms with van der Waals surface area (Å²) in [5.41, 5.74) is 1.09. The van der Waals surface area contributed by atoms with Gasteiger partial charge in [0.15, 0.2) is 5.82 Å². The highest BCUT2D eigenvalue weighted by molar-refractivity contribution is 5.45. The normalized spacial score (nSPS) is 20.6. The maximum absolute atomic E-state index is 10.1. The first-order valence-electron chi connectivity index (χ1n) is 7.74. The molecular weight excluding hydrogens is 294 g/mol. The van der Waals surface area contributed by atoms with Crippen molar-refractivity contribution in [3.05, 3.63) is 42.2 Å². The minimum Gasteiger partial charge on any atom is -0.497 e. The molecule has 0 aliphatic carbocycles. The van der Waals surface area contributed by atoms with E-state index in [0.717, 1.165) is 11.3 Å². The maximum atomic E-state index is 10.1. The Morgan fingerprint density at radius 1 is 1.35 bits per heavy atom. The van der Waals surface area contributed by atoms with E-state index in [1.54, 1.807) is 19.5 Å². The molecule has 6 nitrogen and oxygen atoms in total. The maximum Gasteiger partial charge on any atom is 0.234 e. The van der Waals surface area contributed by atoms with Crippen molar-refractivity contribution >= 4 is 5.82 Å². The lowest BCUT2D eigenvalue weighted by molar-refractivity contribution is 0.194. The number of nitrogens with zero attached hydrogens (tertiary/aromatic N) is 3. The molecule has 0 amide bonds. The lowest BCUT2D eigenvalue weighted by atomic mass is 10.0. The van der Waals surface area contributed by atoms with Crippen molar-refractivity contribution in [2.75, 3.05) is 25.2 Å². The Labute approximate surface area is 135 Å². The van der Waals surface area contributed by atoms with Gasteiger partial charge >= 0.3 is 0 Å². The van der Waals surface area contributed by atoms with E-state index in [1.165, 1.54) is 0 Å². The van der Waals surface area contributed by atoms with Crippen LogP contribution in [0.25, 0.3) is 0 Å². The first-order valence-corrected chi connectivity index (χ1v) is 7.74. The first-order chi connectivity index (χ1) is 11.2. The van der Waals surface area contributed by atoms with Crippen molar-refractivity contribution in [2.24, 2.45) is 0 Å². The van der Waals surface area contributed by atoms with Crippen LogP contribution in [0.3, 0.4) is 0 Å². The Kier molecular flexibility index (Phi) is 4.62. The summed E-state index contributed by atoms with van der Waals surface area (Å²) in [6.07, 6.45) is 3.55. The van der Waals surface area contributed by atoms with Crippen molar-refractivity contribution in [1.82, 2.24) is 9.97 Å². The van der Waals surface area contributed by atoms with E-state index in [-0.39, 0.29) is 6.04 Å². The first kappa shape index (κ1) is 15.6. The highest BCUT2D eigenvalue weighted by Gasteiger charge is 2.33. The minimum absolute atomic E-state index is 0.0336. The van der Waals surface area contributed by atoms with Gasteiger partial charge in [0.2, 0.25) is 5.88 Å². The molecule has 1 aromatic heterocycles. The van der Waals surface area contributed by atoms with Crippen LogP contribution in [0.4, 0.5) is 5.82 Å². The number of β-amino-alcohol motifs (C(OH)–C–C–N with tert-alkyl or cyclic N) is 1. The number of methoxy groups -OCH3 is 1. The molecule has 0 spiro atoms. The molecule has 122 valence electrons. The van der Waals surface area contributed by atoms with Crippen molar-refractivity contribution < 1.29 is 14.6 Å². The number of ether oxygens (including phenoxy) is 2. The van der Waals surface area contributed by atoms with Crippen LogP contribution in [0.5, 0.6) is 11.6 Å². The van der Waals surface area contributed by atoms with Gasteiger partial charge in [-0.1, -0.05) is 12.1 Å². The quantitative estimate of drug-likeness (QED) is 0.912. The van der Waals surface area contributed by atoms with Crippen LogP contribution in [-0.4, -0.2) is 41.4 Å². The summed E-state index contributed by atoms with van der Waals surface area (Å²) in [5.74, 6) is 2.01. The van der Waals surface area contributed by atoms with E-state index in [1.807, 2.05) is 31.2 Å². The minimum atomic E-state index is -0.399. The predicted molar refractivity (Wildman–Crippen MR) is 86.9 cm³/mol. The van der Waals surface area contributed by atoms with E-state index in [0.29, 0.717) is 31.3 Å². The van der Waals surface area contributed by atoms with Gasteiger partial charge < -0.3 is 19.5 Å². The number of aliphatic hydroxyl groups excluding tert-OH is 1. The van der Waals surface area contributed by atoms with Crippen LogP contribution in [-0.2, 0) is 0 Å². The Bertz CT molecular complexity index is 665. The average Bonchev–Trinajstić information content (AvgIpc) is 2.97. The van der Waals surface area contributed by atoms with Gasteiger partial charge in [-0.2, -0.15) is 4.98 Å². The average molecular weight is 315 g/mol. The number of rotatable bonds is 5.